The van der Waals surface area contributed by atoms with Crippen LogP contribution >= 0.6 is 11.6 Å². The molecule has 0 saturated heterocycles. The predicted octanol–water partition coefficient (Wildman–Crippen LogP) is 2.88. The van der Waals surface area contributed by atoms with Gasteiger partial charge in [0.05, 0.1) is 23.5 Å². The summed E-state index contributed by atoms with van der Waals surface area (Å²) >= 11 is 6.04. The van der Waals surface area contributed by atoms with Crippen LogP contribution in [0.1, 0.15) is 18.1 Å². The quantitative estimate of drug-likeness (QED) is 0.734. The van der Waals surface area contributed by atoms with Crippen LogP contribution in [0, 0.1) is 0 Å². The van der Waals surface area contributed by atoms with E-state index in [2.05, 4.69) is 4.98 Å². The zero-order valence-corrected chi connectivity index (χ0v) is 9.75. The number of aromatic nitrogens is 2. The zero-order chi connectivity index (χ0) is 11.0. The second kappa shape index (κ2) is 3.74. The highest BCUT2D eigenvalue weighted by molar-refractivity contribution is 6.20. The molecule has 0 saturated carbocycles. The first-order valence-electron chi connectivity index (χ1n) is 4.78. The maximum atomic E-state index is 6.04. The van der Waals surface area contributed by atoms with E-state index in [-0.39, 0.29) is 5.38 Å². The van der Waals surface area contributed by atoms with Crippen molar-refractivity contribution in [1.82, 2.24) is 9.55 Å². The van der Waals surface area contributed by atoms with E-state index in [4.69, 9.17) is 16.3 Å². The third-order valence-corrected chi connectivity index (χ3v) is 2.67. The van der Waals surface area contributed by atoms with Gasteiger partial charge in [0.15, 0.2) is 0 Å². The van der Waals surface area contributed by atoms with Gasteiger partial charge in [-0.05, 0) is 19.1 Å². The zero-order valence-electron chi connectivity index (χ0n) is 8.99. The molecule has 2 aromatic rings. The number of benzene rings is 1. The minimum atomic E-state index is -0.0894. The van der Waals surface area contributed by atoms with Gasteiger partial charge in [0, 0.05) is 13.1 Å². The number of alkyl halides is 1. The van der Waals surface area contributed by atoms with Gasteiger partial charge in [0.25, 0.3) is 0 Å². The molecule has 15 heavy (non-hydrogen) atoms. The Hall–Kier alpha value is -1.22. The Labute approximate surface area is 93.6 Å². The number of hydrogen-bond acceptors (Lipinski definition) is 2. The molecule has 1 heterocycles. The summed E-state index contributed by atoms with van der Waals surface area (Å²) in [6.45, 7) is 1.92. The summed E-state index contributed by atoms with van der Waals surface area (Å²) in [6, 6.07) is 5.83. The number of rotatable bonds is 2. The number of nitrogens with zero attached hydrogens (tertiary/aromatic N) is 2. The summed E-state index contributed by atoms with van der Waals surface area (Å²) < 4.78 is 7.16. The lowest BCUT2D eigenvalue weighted by Crippen LogP contribution is -1.97. The molecular weight excluding hydrogens is 212 g/mol. The summed E-state index contributed by atoms with van der Waals surface area (Å²) in [5, 5.41) is -0.0894. The molecule has 0 radical (unpaired) electrons. The Kier molecular flexibility index (Phi) is 2.57. The second-order valence-electron chi connectivity index (χ2n) is 3.50. The fourth-order valence-corrected chi connectivity index (χ4v) is 1.88. The average Bonchev–Trinajstić information content (AvgIpc) is 2.55. The van der Waals surface area contributed by atoms with E-state index in [0.29, 0.717) is 0 Å². The summed E-state index contributed by atoms with van der Waals surface area (Å²) in [4.78, 5) is 4.47. The molecule has 0 aliphatic heterocycles. The van der Waals surface area contributed by atoms with E-state index in [1.165, 1.54) is 0 Å². The lowest BCUT2D eigenvalue weighted by Gasteiger charge is -2.02. The number of imidazole rings is 1. The highest BCUT2D eigenvalue weighted by Gasteiger charge is 2.12. The predicted molar refractivity (Wildman–Crippen MR) is 61.5 cm³/mol. The standard InChI is InChI=1S/C11H13ClN2O/c1-7(12)11-13-9-6-8(15-3)4-5-10(9)14(11)2/h4-7H,1-3H3. The fraction of sp³-hybridized carbons (Fsp3) is 0.364. The van der Waals surface area contributed by atoms with Crippen LogP contribution in [0.2, 0.25) is 0 Å². The van der Waals surface area contributed by atoms with Gasteiger partial charge in [-0.1, -0.05) is 0 Å². The topological polar surface area (TPSA) is 27.1 Å². The number of aryl methyl sites for hydroxylation is 1. The molecule has 1 atom stereocenters. The van der Waals surface area contributed by atoms with Gasteiger partial charge in [-0.15, -0.1) is 11.6 Å². The van der Waals surface area contributed by atoms with Gasteiger partial charge in [-0.25, -0.2) is 4.98 Å². The molecule has 80 valence electrons. The summed E-state index contributed by atoms with van der Waals surface area (Å²) in [7, 11) is 3.62. The monoisotopic (exact) mass is 224 g/mol. The summed E-state index contributed by atoms with van der Waals surface area (Å²) in [6.07, 6.45) is 0. The first kappa shape index (κ1) is 10.3. The van der Waals surface area contributed by atoms with Gasteiger partial charge < -0.3 is 9.30 Å². The molecule has 0 fully saturated rings. The van der Waals surface area contributed by atoms with Crippen molar-refractivity contribution < 1.29 is 4.74 Å². The SMILES string of the molecule is COc1ccc2c(c1)nc(C(C)Cl)n2C. The lowest BCUT2D eigenvalue weighted by atomic mass is 10.3. The third kappa shape index (κ3) is 1.67. The summed E-state index contributed by atoms with van der Waals surface area (Å²) in [5.41, 5.74) is 1.98. The molecule has 0 aliphatic carbocycles. The molecule has 1 unspecified atom stereocenters. The van der Waals surface area contributed by atoms with Crippen molar-refractivity contribution in [3.8, 4) is 5.75 Å². The van der Waals surface area contributed by atoms with Gasteiger partial charge in [0.1, 0.15) is 11.6 Å². The van der Waals surface area contributed by atoms with Crippen LogP contribution in [0.25, 0.3) is 11.0 Å². The van der Waals surface area contributed by atoms with Crippen LogP contribution in [0.5, 0.6) is 5.75 Å². The van der Waals surface area contributed by atoms with Gasteiger partial charge in [0.2, 0.25) is 0 Å². The molecule has 1 aromatic heterocycles. The van der Waals surface area contributed by atoms with Crippen molar-refractivity contribution in [3.05, 3.63) is 24.0 Å². The Morgan fingerprint density at radius 2 is 2.20 bits per heavy atom. The first-order chi connectivity index (χ1) is 7.13. The summed E-state index contributed by atoms with van der Waals surface area (Å²) in [5.74, 6) is 1.69. The highest BCUT2D eigenvalue weighted by atomic mass is 35.5. The van der Waals surface area contributed by atoms with E-state index in [0.717, 1.165) is 22.6 Å². The number of hydrogen-bond donors (Lipinski definition) is 0. The van der Waals surface area contributed by atoms with E-state index < -0.39 is 0 Å². The smallest absolute Gasteiger partial charge is 0.127 e. The fourth-order valence-electron chi connectivity index (χ4n) is 1.68. The van der Waals surface area contributed by atoms with Crippen LogP contribution in [0.3, 0.4) is 0 Å². The van der Waals surface area contributed by atoms with Gasteiger partial charge >= 0.3 is 0 Å². The van der Waals surface area contributed by atoms with Crippen molar-refractivity contribution in [2.45, 2.75) is 12.3 Å². The van der Waals surface area contributed by atoms with Crippen molar-refractivity contribution >= 4 is 22.6 Å². The van der Waals surface area contributed by atoms with E-state index in [1.54, 1.807) is 7.11 Å². The molecule has 0 amide bonds. The third-order valence-electron chi connectivity index (χ3n) is 2.48. The maximum absolute atomic E-state index is 6.04. The van der Waals surface area contributed by atoms with Crippen LogP contribution in [0.4, 0.5) is 0 Å². The number of halogens is 1. The molecule has 0 aliphatic rings. The Balaban J connectivity index is 2.65. The van der Waals surface area contributed by atoms with Crippen LogP contribution in [-0.4, -0.2) is 16.7 Å². The minimum Gasteiger partial charge on any atom is -0.497 e. The molecule has 0 bridgehead atoms. The molecule has 2 rings (SSSR count). The largest absolute Gasteiger partial charge is 0.497 e. The van der Waals surface area contributed by atoms with Crippen molar-refractivity contribution in [1.29, 1.82) is 0 Å². The molecule has 0 N–H and O–H groups in total. The van der Waals surface area contributed by atoms with Crippen molar-refractivity contribution in [2.24, 2.45) is 7.05 Å². The second-order valence-corrected chi connectivity index (χ2v) is 4.15. The molecule has 0 spiro atoms. The Morgan fingerprint density at radius 1 is 1.47 bits per heavy atom. The normalized spacial score (nSPS) is 13.1. The number of fused-ring (bicyclic) bond motifs is 1. The van der Waals surface area contributed by atoms with Gasteiger partial charge in [-0.3, -0.25) is 0 Å². The molecule has 1 aromatic carbocycles. The molecule has 4 heteroatoms. The lowest BCUT2D eigenvalue weighted by molar-refractivity contribution is 0.415. The first-order valence-corrected chi connectivity index (χ1v) is 5.21. The van der Waals surface area contributed by atoms with E-state index in [1.807, 2.05) is 36.7 Å². The van der Waals surface area contributed by atoms with Crippen LogP contribution in [-0.2, 0) is 7.05 Å². The Bertz CT molecular complexity index is 491. The average molecular weight is 225 g/mol. The molecular formula is C11H13ClN2O. The number of methoxy groups -OCH3 is 1. The highest BCUT2D eigenvalue weighted by Crippen LogP contribution is 2.25. The minimum absolute atomic E-state index is 0.0894. The van der Waals surface area contributed by atoms with E-state index in [9.17, 15) is 0 Å². The van der Waals surface area contributed by atoms with Gasteiger partial charge in [-0.2, -0.15) is 0 Å². The molecule has 3 nitrogen and oxygen atoms in total. The number of ether oxygens (including phenoxy) is 1. The maximum Gasteiger partial charge on any atom is 0.127 e. The van der Waals surface area contributed by atoms with Crippen molar-refractivity contribution in [2.75, 3.05) is 7.11 Å². The van der Waals surface area contributed by atoms with Crippen LogP contribution < -0.4 is 4.74 Å². The van der Waals surface area contributed by atoms with Crippen molar-refractivity contribution in [3.63, 3.8) is 0 Å². The Morgan fingerprint density at radius 3 is 2.80 bits per heavy atom. The van der Waals surface area contributed by atoms with Crippen LogP contribution in [0.15, 0.2) is 18.2 Å². The van der Waals surface area contributed by atoms with E-state index >= 15 is 0 Å².